The quantitative estimate of drug-likeness (QED) is 0.771. The maximum absolute atomic E-state index is 11.7. The molecule has 2 rings (SSSR count). The van der Waals surface area contributed by atoms with Crippen LogP contribution in [0.1, 0.15) is 19.6 Å². The molecule has 2 N–H and O–H groups in total. The van der Waals surface area contributed by atoms with E-state index in [4.69, 9.17) is 10.2 Å². The fourth-order valence-electron chi connectivity index (χ4n) is 1.42. The van der Waals surface area contributed by atoms with Crippen LogP contribution in [0, 0.1) is 0 Å². The van der Waals surface area contributed by atoms with Crippen molar-refractivity contribution in [2.45, 2.75) is 19.4 Å². The van der Waals surface area contributed by atoms with Crippen molar-refractivity contribution in [2.24, 2.45) is 5.73 Å². The fraction of sp³-hybridized carbons (Fsp3) is 0.250. The van der Waals surface area contributed by atoms with Gasteiger partial charge in [-0.1, -0.05) is 12.1 Å². The van der Waals surface area contributed by atoms with E-state index in [0.717, 1.165) is 0 Å². The van der Waals surface area contributed by atoms with Crippen LogP contribution in [0.5, 0.6) is 0 Å². The number of hydrogen-bond acceptors (Lipinski definition) is 3. The van der Waals surface area contributed by atoms with E-state index in [2.05, 4.69) is 0 Å². The highest BCUT2D eigenvalue weighted by atomic mass is 16.3. The van der Waals surface area contributed by atoms with Gasteiger partial charge in [0, 0.05) is 6.07 Å². The van der Waals surface area contributed by atoms with Gasteiger partial charge in [0.05, 0.1) is 10.9 Å². The van der Waals surface area contributed by atoms with Gasteiger partial charge >= 0.3 is 0 Å². The first kappa shape index (κ1) is 9.93. The van der Waals surface area contributed by atoms with Crippen molar-refractivity contribution in [3.05, 3.63) is 46.3 Å². The zero-order valence-electron chi connectivity index (χ0n) is 8.78. The van der Waals surface area contributed by atoms with E-state index in [-0.39, 0.29) is 5.43 Å². The summed E-state index contributed by atoms with van der Waals surface area (Å²) in [5, 5.41) is 0.588. The molecule has 0 spiro atoms. The summed E-state index contributed by atoms with van der Waals surface area (Å²) >= 11 is 0. The van der Waals surface area contributed by atoms with E-state index in [1.807, 2.05) is 12.1 Å². The second-order valence-electron chi connectivity index (χ2n) is 4.19. The minimum Gasteiger partial charge on any atom is -0.459 e. The molecule has 78 valence electrons. The van der Waals surface area contributed by atoms with Crippen molar-refractivity contribution >= 4 is 11.0 Å². The number of rotatable bonds is 1. The van der Waals surface area contributed by atoms with E-state index < -0.39 is 5.54 Å². The maximum Gasteiger partial charge on any atom is 0.193 e. The van der Waals surface area contributed by atoms with E-state index >= 15 is 0 Å². The van der Waals surface area contributed by atoms with E-state index in [1.54, 1.807) is 26.0 Å². The normalized spacial score (nSPS) is 11.9. The van der Waals surface area contributed by atoms with Gasteiger partial charge in [0.25, 0.3) is 0 Å². The lowest BCUT2D eigenvalue weighted by Gasteiger charge is -2.17. The number of nitrogens with two attached hydrogens (primary N) is 1. The Kier molecular flexibility index (Phi) is 2.12. The van der Waals surface area contributed by atoms with Crippen molar-refractivity contribution in [1.29, 1.82) is 0 Å². The summed E-state index contributed by atoms with van der Waals surface area (Å²) in [5.41, 5.74) is 5.78. The molecular formula is C12H13NO2. The summed E-state index contributed by atoms with van der Waals surface area (Å²) in [4.78, 5) is 11.7. The Hall–Kier alpha value is -1.61. The van der Waals surface area contributed by atoms with Gasteiger partial charge in [0.2, 0.25) is 0 Å². The average Bonchev–Trinajstić information content (AvgIpc) is 2.16. The molecule has 0 aliphatic rings. The highest BCUT2D eigenvalue weighted by Crippen LogP contribution is 2.19. The van der Waals surface area contributed by atoms with Gasteiger partial charge in [0.15, 0.2) is 5.43 Å². The van der Waals surface area contributed by atoms with Gasteiger partial charge in [-0.2, -0.15) is 0 Å². The Bertz CT molecular complexity index is 549. The highest BCUT2D eigenvalue weighted by Gasteiger charge is 2.18. The van der Waals surface area contributed by atoms with Crippen LogP contribution in [0.15, 0.2) is 39.5 Å². The van der Waals surface area contributed by atoms with Crippen LogP contribution in [-0.4, -0.2) is 0 Å². The van der Waals surface area contributed by atoms with E-state index in [9.17, 15) is 4.79 Å². The molecule has 0 unspecified atom stereocenters. The molecule has 3 heteroatoms. The first-order valence-corrected chi connectivity index (χ1v) is 4.81. The zero-order chi connectivity index (χ0) is 11.1. The first-order valence-electron chi connectivity index (χ1n) is 4.81. The Morgan fingerprint density at radius 2 is 1.93 bits per heavy atom. The van der Waals surface area contributed by atoms with Gasteiger partial charge in [-0.05, 0) is 26.0 Å². The lowest BCUT2D eigenvalue weighted by molar-refractivity contribution is 0.405. The molecule has 0 bridgehead atoms. The molecule has 0 radical (unpaired) electrons. The van der Waals surface area contributed by atoms with E-state index in [0.29, 0.717) is 16.7 Å². The number of benzene rings is 1. The first-order chi connectivity index (χ1) is 6.98. The van der Waals surface area contributed by atoms with Crippen LogP contribution in [0.3, 0.4) is 0 Å². The van der Waals surface area contributed by atoms with Gasteiger partial charge in [-0.3, -0.25) is 4.79 Å². The summed E-state index contributed by atoms with van der Waals surface area (Å²) < 4.78 is 5.58. The summed E-state index contributed by atoms with van der Waals surface area (Å²) in [7, 11) is 0. The Labute approximate surface area is 87.5 Å². The molecular weight excluding hydrogens is 190 g/mol. The van der Waals surface area contributed by atoms with Gasteiger partial charge in [-0.25, -0.2) is 0 Å². The Morgan fingerprint density at radius 1 is 1.27 bits per heavy atom. The predicted octanol–water partition coefficient (Wildman–Crippen LogP) is 1.99. The largest absolute Gasteiger partial charge is 0.459 e. The van der Waals surface area contributed by atoms with E-state index in [1.165, 1.54) is 6.07 Å². The molecule has 0 aliphatic carbocycles. The summed E-state index contributed by atoms with van der Waals surface area (Å²) in [6.07, 6.45) is 0. The van der Waals surface area contributed by atoms with Crippen LogP contribution in [-0.2, 0) is 5.54 Å². The smallest absolute Gasteiger partial charge is 0.193 e. The zero-order valence-corrected chi connectivity index (χ0v) is 8.78. The van der Waals surface area contributed by atoms with Crippen molar-refractivity contribution in [1.82, 2.24) is 0 Å². The molecule has 0 amide bonds. The molecule has 2 aromatic rings. The van der Waals surface area contributed by atoms with Crippen LogP contribution < -0.4 is 11.2 Å². The summed E-state index contributed by atoms with van der Waals surface area (Å²) in [6.45, 7) is 3.61. The molecule has 15 heavy (non-hydrogen) atoms. The van der Waals surface area contributed by atoms with Gasteiger partial charge in [-0.15, -0.1) is 0 Å². The lowest BCUT2D eigenvalue weighted by Crippen LogP contribution is -2.29. The van der Waals surface area contributed by atoms with Gasteiger partial charge < -0.3 is 10.2 Å². The summed E-state index contributed by atoms with van der Waals surface area (Å²) in [5.74, 6) is 0.506. The second kappa shape index (κ2) is 3.21. The second-order valence-corrected chi connectivity index (χ2v) is 4.19. The molecule has 1 aromatic carbocycles. The van der Waals surface area contributed by atoms with Gasteiger partial charge in [0.1, 0.15) is 11.3 Å². The minimum absolute atomic E-state index is 0.0506. The number of hydrogen-bond donors (Lipinski definition) is 1. The fourth-order valence-corrected chi connectivity index (χ4v) is 1.42. The number of para-hydroxylation sites is 1. The van der Waals surface area contributed by atoms with Crippen molar-refractivity contribution in [3.63, 3.8) is 0 Å². The third kappa shape index (κ3) is 1.78. The standard InChI is InChI=1S/C12H13NO2/c1-12(2,13)11-7-9(14)8-5-3-4-6-10(8)15-11/h3-7H,13H2,1-2H3. The molecule has 0 atom stereocenters. The average molecular weight is 203 g/mol. The molecule has 3 nitrogen and oxygen atoms in total. The van der Waals surface area contributed by atoms with Crippen LogP contribution in [0.2, 0.25) is 0 Å². The minimum atomic E-state index is -0.636. The molecule has 0 saturated heterocycles. The topological polar surface area (TPSA) is 56.2 Å². The van der Waals surface area contributed by atoms with Crippen LogP contribution in [0.25, 0.3) is 11.0 Å². The lowest BCUT2D eigenvalue weighted by atomic mass is 10.0. The SMILES string of the molecule is CC(C)(N)c1cc(=O)c2ccccc2o1. The monoisotopic (exact) mass is 203 g/mol. The third-order valence-corrected chi connectivity index (χ3v) is 2.27. The maximum atomic E-state index is 11.7. The molecule has 1 heterocycles. The van der Waals surface area contributed by atoms with Crippen LogP contribution >= 0.6 is 0 Å². The highest BCUT2D eigenvalue weighted by molar-refractivity contribution is 5.76. The van der Waals surface area contributed by atoms with Crippen molar-refractivity contribution < 1.29 is 4.42 Å². The van der Waals surface area contributed by atoms with Crippen molar-refractivity contribution in [3.8, 4) is 0 Å². The third-order valence-electron chi connectivity index (χ3n) is 2.27. The van der Waals surface area contributed by atoms with Crippen molar-refractivity contribution in [2.75, 3.05) is 0 Å². The predicted molar refractivity (Wildman–Crippen MR) is 59.7 cm³/mol. The Balaban J connectivity index is 2.79. The summed E-state index contributed by atoms with van der Waals surface area (Å²) in [6, 6.07) is 8.62. The Morgan fingerprint density at radius 3 is 2.60 bits per heavy atom. The van der Waals surface area contributed by atoms with Crippen LogP contribution in [0.4, 0.5) is 0 Å². The molecule has 0 saturated carbocycles. The molecule has 0 fully saturated rings. The molecule has 0 aliphatic heterocycles. The molecule has 1 aromatic heterocycles. The number of fused-ring (bicyclic) bond motifs is 1.